The van der Waals surface area contributed by atoms with Crippen LogP contribution >= 0.6 is 0 Å². The number of aromatic nitrogens is 4. The fourth-order valence-corrected chi connectivity index (χ4v) is 4.32. The number of likely N-dealkylation sites (N-methyl/N-ethyl adjacent to an activating group) is 1. The van der Waals surface area contributed by atoms with Crippen LogP contribution in [0.5, 0.6) is 5.75 Å². The van der Waals surface area contributed by atoms with Crippen LogP contribution in [0.4, 0.5) is 20.3 Å². The molecule has 180 valence electrons. The number of amides is 1. The molecule has 3 aromatic rings. The zero-order valence-corrected chi connectivity index (χ0v) is 19.9. The maximum absolute atomic E-state index is 13.7. The van der Waals surface area contributed by atoms with Gasteiger partial charge in [-0.3, -0.25) is 9.48 Å². The molecule has 1 atom stereocenters. The first-order valence-electron chi connectivity index (χ1n) is 11.1. The third-order valence-corrected chi connectivity index (χ3v) is 6.00. The lowest BCUT2D eigenvalue weighted by Gasteiger charge is -2.36. The van der Waals surface area contributed by atoms with Crippen molar-refractivity contribution in [2.24, 2.45) is 5.92 Å². The summed E-state index contributed by atoms with van der Waals surface area (Å²) in [7, 11) is 3.30. The maximum Gasteiger partial charge on any atom is 0.247 e. The number of anilines is 2. The van der Waals surface area contributed by atoms with Crippen LogP contribution in [0.25, 0.3) is 0 Å². The third kappa shape index (κ3) is 4.57. The van der Waals surface area contributed by atoms with Gasteiger partial charge in [-0.15, -0.1) is 0 Å². The van der Waals surface area contributed by atoms with E-state index >= 15 is 0 Å². The van der Waals surface area contributed by atoms with E-state index in [-0.39, 0.29) is 30.2 Å². The molecule has 0 spiro atoms. The Morgan fingerprint density at radius 1 is 1.18 bits per heavy atom. The monoisotopic (exact) mass is 470 g/mol. The molecule has 0 radical (unpaired) electrons. The minimum absolute atomic E-state index is 0.0467. The first-order valence-corrected chi connectivity index (χ1v) is 11.1. The van der Waals surface area contributed by atoms with E-state index < -0.39 is 11.6 Å². The molecular weight excluding hydrogens is 442 g/mol. The van der Waals surface area contributed by atoms with Gasteiger partial charge in [-0.2, -0.15) is 5.10 Å². The van der Waals surface area contributed by atoms with Crippen LogP contribution in [0.1, 0.15) is 36.5 Å². The number of ether oxygens (including phenoxy) is 1. The Bertz CT molecular complexity index is 1230. The van der Waals surface area contributed by atoms with E-state index in [1.54, 1.807) is 10.9 Å². The van der Waals surface area contributed by atoms with Crippen LogP contribution < -0.4 is 15.0 Å². The van der Waals surface area contributed by atoms with E-state index in [1.807, 2.05) is 38.9 Å². The quantitative estimate of drug-likeness (QED) is 0.569. The number of aryl methyl sites for hydroxylation is 3. The summed E-state index contributed by atoms with van der Waals surface area (Å²) >= 11 is 0. The Labute approximate surface area is 197 Å². The minimum atomic E-state index is -0.952. The van der Waals surface area contributed by atoms with Gasteiger partial charge in [-0.1, -0.05) is 13.8 Å². The Morgan fingerprint density at radius 3 is 2.62 bits per heavy atom. The van der Waals surface area contributed by atoms with Crippen molar-refractivity contribution in [3.63, 3.8) is 0 Å². The molecule has 0 aliphatic carbocycles. The molecule has 2 aromatic heterocycles. The van der Waals surface area contributed by atoms with E-state index in [9.17, 15) is 13.6 Å². The molecule has 0 bridgehead atoms. The molecule has 0 unspecified atom stereocenters. The summed E-state index contributed by atoms with van der Waals surface area (Å²) in [5.41, 5.74) is 2.83. The highest BCUT2D eigenvalue weighted by Crippen LogP contribution is 2.33. The average Bonchev–Trinajstić information content (AvgIpc) is 3.22. The standard InChI is InChI=1S/C24H28F2N6O2/c1-13(2)22-24(33)30-21-14(3)28-20(29-23(21)31(22)4)7-6-15-10-27-32(11-15)12-16-8-17(25)18(26)9-19(16)34-5/h8-11,13,22H,6-7,12H2,1-5H3,(H,30,33)/t22-/m0/s1. The van der Waals surface area contributed by atoms with Crippen molar-refractivity contribution in [1.29, 1.82) is 0 Å². The highest BCUT2D eigenvalue weighted by molar-refractivity contribution is 6.03. The van der Waals surface area contributed by atoms with Crippen molar-refractivity contribution in [3.05, 3.63) is 58.8 Å². The van der Waals surface area contributed by atoms with Crippen molar-refractivity contribution < 1.29 is 18.3 Å². The highest BCUT2D eigenvalue weighted by atomic mass is 19.2. The Morgan fingerprint density at radius 2 is 1.91 bits per heavy atom. The van der Waals surface area contributed by atoms with Crippen LogP contribution in [0.15, 0.2) is 24.5 Å². The molecule has 1 aliphatic heterocycles. The SMILES string of the molecule is COc1cc(F)c(F)cc1Cn1cc(CCc2nc(C)c3c(n2)N(C)[C@@H](C(C)C)C(=O)N3)cn1. The van der Waals surface area contributed by atoms with Crippen LogP contribution in [0, 0.1) is 24.5 Å². The molecule has 8 nitrogen and oxygen atoms in total. The second-order valence-corrected chi connectivity index (χ2v) is 8.84. The Kier molecular flexibility index (Phi) is 6.49. The zero-order chi connectivity index (χ0) is 24.6. The van der Waals surface area contributed by atoms with Crippen molar-refractivity contribution >= 4 is 17.4 Å². The molecule has 1 N–H and O–H groups in total. The molecule has 10 heteroatoms. The van der Waals surface area contributed by atoms with Crippen molar-refractivity contribution in [1.82, 2.24) is 19.7 Å². The minimum Gasteiger partial charge on any atom is -0.496 e. The van der Waals surface area contributed by atoms with Crippen molar-refractivity contribution in [2.45, 2.75) is 46.2 Å². The highest BCUT2D eigenvalue weighted by Gasteiger charge is 2.35. The molecule has 1 amide bonds. The van der Waals surface area contributed by atoms with Gasteiger partial charge in [0.1, 0.15) is 23.3 Å². The number of benzene rings is 1. The fraction of sp³-hybridized carbons (Fsp3) is 0.417. The number of fused-ring (bicyclic) bond motifs is 1. The van der Waals surface area contributed by atoms with Gasteiger partial charge in [0.15, 0.2) is 17.5 Å². The molecule has 3 heterocycles. The van der Waals surface area contributed by atoms with Gasteiger partial charge >= 0.3 is 0 Å². The normalized spacial score (nSPS) is 15.5. The van der Waals surface area contributed by atoms with E-state index in [2.05, 4.69) is 15.4 Å². The molecule has 1 aliphatic rings. The predicted octanol–water partition coefficient (Wildman–Crippen LogP) is 3.51. The summed E-state index contributed by atoms with van der Waals surface area (Å²) in [6.45, 7) is 6.12. The molecule has 0 saturated carbocycles. The first kappa shape index (κ1) is 23.6. The number of carbonyl (C=O) groups is 1. The van der Waals surface area contributed by atoms with Crippen molar-refractivity contribution in [3.8, 4) is 5.75 Å². The van der Waals surface area contributed by atoms with Gasteiger partial charge in [-0.25, -0.2) is 18.7 Å². The second-order valence-electron chi connectivity index (χ2n) is 8.84. The lowest BCUT2D eigenvalue weighted by Crippen LogP contribution is -2.49. The lowest BCUT2D eigenvalue weighted by atomic mass is 9.99. The van der Waals surface area contributed by atoms with Crippen LogP contribution in [0.3, 0.4) is 0 Å². The summed E-state index contributed by atoms with van der Waals surface area (Å²) < 4.78 is 34.0. The molecule has 0 saturated heterocycles. The Hall–Kier alpha value is -3.56. The average molecular weight is 471 g/mol. The number of hydrogen-bond donors (Lipinski definition) is 1. The maximum atomic E-state index is 13.7. The van der Waals surface area contributed by atoms with Gasteiger partial charge in [0.2, 0.25) is 5.91 Å². The van der Waals surface area contributed by atoms with Crippen LogP contribution in [-0.4, -0.2) is 45.9 Å². The fourth-order valence-electron chi connectivity index (χ4n) is 4.32. The number of halogens is 2. The van der Waals surface area contributed by atoms with E-state index in [4.69, 9.17) is 9.72 Å². The van der Waals surface area contributed by atoms with Gasteiger partial charge in [-0.05, 0) is 30.9 Å². The van der Waals surface area contributed by atoms with Gasteiger partial charge in [0, 0.05) is 31.3 Å². The molecule has 34 heavy (non-hydrogen) atoms. The van der Waals surface area contributed by atoms with Gasteiger partial charge in [0.05, 0.1) is 25.5 Å². The van der Waals surface area contributed by atoms with Crippen LogP contribution in [-0.2, 0) is 24.2 Å². The number of carbonyl (C=O) groups excluding carboxylic acids is 1. The summed E-state index contributed by atoms with van der Waals surface area (Å²) in [6, 6.07) is 1.87. The first-order chi connectivity index (χ1) is 16.2. The van der Waals surface area contributed by atoms with E-state index in [1.165, 1.54) is 7.11 Å². The number of nitrogens with one attached hydrogen (secondary N) is 1. The molecule has 4 rings (SSSR count). The largest absolute Gasteiger partial charge is 0.496 e. The lowest BCUT2D eigenvalue weighted by molar-refractivity contribution is -0.118. The predicted molar refractivity (Wildman–Crippen MR) is 124 cm³/mol. The molecular formula is C24H28F2N6O2. The number of methoxy groups -OCH3 is 1. The van der Waals surface area contributed by atoms with Crippen LogP contribution in [0.2, 0.25) is 0 Å². The van der Waals surface area contributed by atoms with E-state index in [0.717, 1.165) is 29.2 Å². The third-order valence-electron chi connectivity index (χ3n) is 6.00. The second kappa shape index (κ2) is 9.36. The smallest absolute Gasteiger partial charge is 0.247 e. The summed E-state index contributed by atoms with van der Waals surface area (Å²) in [5, 5.41) is 7.29. The van der Waals surface area contributed by atoms with E-state index in [0.29, 0.717) is 29.9 Å². The number of hydrogen-bond acceptors (Lipinski definition) is 6. The topological polar surface area (TPSA) is 85.2 Å². The molecule has 1 aromatic carbocycles. The van der Waals surface area contributed by atoms with Crippen molar-refractivity contribution in [2.75, 3.05) is 24.4 Å². The number of nitrogens with zero attached hydrogens (tertiary/aromatic N) is 5. The molecule has 0 fully saturated rings. The van der Waals surface area contributed by atoms with Gasteiger partial charge in [0.25, 0.3) is 0 Å². The Balaban J connectivity index is 1.48. The summed E-state index contributed by atoms with van der Waals surface area (Å²) in [4.78, 5) is 23.7. The summed E-state index contributed by atoms with van der Waals surface area (Å²) in [5.74, 6) is -0.120. The summed E-state index contributed by atoms with van der Waals surface area (Å²) in [6.07, 6.45) is 4.82. The van der Waals surface area contributed by atoms with Gasteiger partial charge < -0.3 is 15.0 Å². The zero-order valence-electron chi connectivity index (χ0n) is 19.9. The number of rotatable bonds is 7.